The van der Waals surface area contributed by atoms with Crippen LogP contribution in [0.5, 0.6) is 0 Å². The molecule has 0 saturated carbocycles. The van der Waals surface area contributed by atoms with Crippen LogP contribution in [0.1, 0.15) is 0 Å². The average molecular weight is 104 g/mol. The zero-order valence-electron chi connectivity index (χ0n) is 1.58. The maximum absolute atomic E-state index is 8.38. The summed E-state index contributed by atoms with van der Waals surface area (Å²) in [6, 6.07) is 0. The molecule has 0 aromatic rings. The van der Waals surface area contributed by atoms with Gasteiger partial charge in [0.1, 0.15) is 0 Å². The van der Waals surface area contributed by atoms with Crippen molar-refractivity contribution < 1.29 is 28.0 Å². The summed E-state index contributed by atoms with van der Waals surface area (Å²) in [4.78, 5) is 0. The molecular formula is FeO3. The van der Waals surface area contributed by atoms with Crippen molar-refractivity contribution in [1.29, 1.82) is 0 Å². The fourth-order valence-electron chi connectivity index (χ4n) is 0. The van der Waals surface area contributed by atoms with Gasteiger partial charge in [-0.05, 0) is 0 Å². The molecular weight excluding hydrogens is 104 g/mol. The van der Waals surface area contributed by atoms with Crippen LogP contribution in [0, 0.1) is 0 Å². The minimum absolute atomic E-state index is 0. The molecule has 0 atom stereocenters. The van der Waals surface area contributed by atoms with Gasteiger partial charge in [-0.2, -0.15) is 0 Å². The van der Waals surface area contributed by atoms with Crippen molar-refractivity contribution in [2.75, 3.05) is 0 Å². The van der Waals surface area contributed by atoms with Crippen molar-refractivity contribution in [3.8, 4) is 0 Å². The van der Waals surface area contributed by atoms with Crippen molar-refractivity contribution in [3.63, 3.8) is 0 Å². The molecule has 0 amide bonds. The SMILES string of the molecule is [O-2].[O]=[Fe+2]=[O]. The predicted octanol–water partition coefficient (Wildman–Crippen LogP) is -0.359. The van der Waals surface area contributed by atoms with E-state index in [1.165, 1.54) is 0 Å². The molecule has 0 aliphatic heterocycles. The molecule has 0 rings (SSSR count). The molecule has 3 nitrogen and oxygen atoms in total. The van der Waals surface area contributed by atoms with Crippen LogP contribution in [0.3, 0.4) is 0 Å². The Morgan fingerprint density at radius 1 is 1.25 bits per heavy atom. The van der Waals surface area contributed by atoms with Gasteiger partial charge in [0.15, 0.2) is 0 Å². The monoisotopic (exact) mass is 104 g/mol. The molecule has 26 valence electrons. The van der Waals surface area contributed by atoms with Crippen molar-refractivity contribution in [2.45, 2.75) is 0 Å². The van der Waals surface area contributed by atoms with E-state index in [0.717, 1.165) is 0 Å². The summed E-state index contributed by atoms with van der Waals surface area (Å²) in [7, 11) is 0. The Balaban J connectivity index is 0. The third kappa shape index (κ3) is 384. The number of hydrogen-bond donors (Lipinski definition) is 0. The van der Waals surface area contributed by atoms with E-state index >= 15 is 0 Å². The van der Waals surface area contributed by atoms with Gasteiger partial charge >= 0.3 is 22.5 Å². The first-order chi connectivity index (χ1) is 1.41. The third-order valence-electron chi connectivity index (χ3n) is 0. The number of hydrogen-bond acceptors (Lipinski definition) is 2. The van der Waals surface area contributed by atoms with Crippen LogP contribution < -0.4 is 0 Å². The van der Waals surface area contributed by atoms with Crippen LogP contribution in [0.25, 0.3) is 0 Å². The summed E-state index contributed by atoms with van der Waals surface area (Å²) in [5.74, 6) is 0. The summed E-state index contributed by atoms with van der Waals surface area (Å²) in [5.41, 5.74) is 0. The zero-order valence-corrected chi connectivity index (χ0v) is 2.68. The van der Waals surface area contributed by atoms with E-state index in [9.17, 15) is 0 Å². The topological polar surface area (TPSA) is 62.6 Å². The maximum atomic E-state index is 8.38. The van der Waals surface area contributed by atoms with Crippen LogP contribution in [0.15, 0.2) is 0 Å². The van der Waals surface area contributed by atoms with E-state index in [0.29, 0.717) is 0 Å². The summed E-state index contributed by atoms with van der Waals surface area (Å²) in [6.07, 6.45) is 0. The van der Waals surface area contributed by atoms with E-state index in [-0.39, 0.29) is 5.48 Å². The van der Waals surface area contributed by atoms with E-state index in [4.69, 9.17) is 7.67 Å². The first kappa shape index (κ1) is 8.95. The molecule has 0 aliphatic rings. The van der Waals surface area contributed by atoms with Gasteiger partial charge in [0.2, 0.25) is 0 Å². The van der Waals surface area contributed by atoms with Crippen molar-refractivity contribution in [1.82, 2.24) is 0 Å². The average Bonchev–Trinajstić information content (AvgIpc) is 0.918. The Morgan fingerprint density at radius 3 is 1.25 bits per heavy atom. The van der Waals surface area contributed by atoms with Gasteiger partial charge in [-0.1, -0.05) is 0 Å². The molecule has 0 spiro atoms. The number of rotatable bonds is 0. The second-order valence-corrected chi connectivity index (χ2v) is 0.243. The molecule has 0 bridgehead atoms. The fraction of sp³-hybridized carbons (Fsp3) is 0. The summed E-state index contributed by atoms with van der Waals surface area (Å²) in [6.45, 7) is 0. The van der Waals surface area contributed by atoms with E-state index < -0.39 is 14.8 Å². The summed E-state index contributed by atoms with van der Waals surface area (Å²) < 4.78 is 16.8. The first-order valence-corrected chi connectivity index (χ1v) is 1.19. The Bertz CT molecular complexity index is 24.3. The van der Waals surface area contributed by atoms with Crippen molar-refractivity contribution in [2.24, 2.45) is 0 Å². The van der Waals surface area contributed by atoms with Gasteiger partial charge in [-0.15, -0.1) is 0 Å². The Kier molecular flexibility index (Phi) is 25.6. The van der Waals surface area contributed by atoms with Gasteiger partial charge in [0.05, 0.1) is 0 Å². The van der Waals surface area contributed by atoms with Crippen LogP contribution in [-0.2, 0) is 28.0 Å². The Hall–Kier alpha value is 0.0795. The standard InChI is InChI=1S/Fe.3O/q+2;;;-2. The second-order valence-electron chi connectivity index (χ2n) is 0.0589. The van der Waals surface area contributed by atoms with Crippen LogP contribution in [-0.4, -0.2) is 0 Å². The molecule has 0 aromatic carbocycles. The van der Waals surface area contributed by atoms with Gasteiger partial charge in [-0.3, -0.25) is 0 Å². The van der Waals surface area contributed by atoms with Crippen LogP contribution in [0.4, 0.5) is 0 Å². The molecule has 0 unspecified atom stereocenters. The van der Waals surface area contributed by atoms with Gasteiger partial charge < -0.3 is 5.48 Å². The van der Waals surface area contributed by atoms with Crippen molar-refractivity contribution in [3.05, 3.63) is 0 Å². The van der Waals surface area contributed by atoms with Crippen molar-refractivity contribution >= 4 is 0 Å². The summed E-state index contributed by atoms with van der Waals surface area (Å²) >= 11 is -1.25. The molecule has 4 heavy (non-hydrogen) atoms. The molecule has 0 saturated heterocycles. The molecule has 0 aromatic heterocycles. The van der Waals surface area contributed by atoms with Crippen LogP contribution >= 0.6 is 0 Å². The second kappa shape index (κ2) is 11.4. The minimum atomic E-state index is -1.25. The first-order valence-electron chi connectivity index (χ1n) is 0.289. The molecule has 0 N–H and O–H groups in total. The van der Waals surface area contributed by atoms with E-state index in [1.807, 2.05) is 0 Å². The zero-order chi connectivity index (χ0) is 2.71. The summed E-state index contributed by atoms with van der Waals surface area (Å²) in [5, 5.41) is 0. The van der Waals surface area contributed by atoms with Gasteiger partial charge in [-0.25, -0.2) is 0 Å². The Morgan fingerprint density at radius 2 is 1.25 bits per heavy atom. The molecule has 0 aliphatic carbocycles. The van der Waals surface area contributed by atoms with Gasteiger partial charge in [0, 0.05) is 0 Å². The van der Waals surface area contributed by atoms with E-state index in [2.05, 4.69) is 0 Å². The van der Waals surface area contributed by atoms with Crippen LogP contribution in [0.2, 0.25) is 0 Å². The fourth-order valence-corrected chi connectivity index (χ4v) is 0. The quantitative estimate of drug-likeness (QED) is 0.394. The van der Waals surface area contributed by atoms with Gasteiger partial charge in [0.25, 0.3) is 0 Å². The van der Waals surface area contributed by atoms with E-state index in [1.54, 1.807) is 0 Å². The molecule has 0 radical (unpaired) electrons. The molecule has 0 fully saturated rings. The predicted molar refractivity (Wildman–Crippen MR) is 2.06 cm³/mol. The molecule has 0 heterocycles. The third-order valence-corrected chi connectivity index (χ3v) is 0. The molecule has 4 heteroatoms. The normalized spacial score (nSPS) is 3.00. The Labute approximate surface area is 28.9 Å².